The van der Waals surface area contributed by atoms with Crippen molar-refractivity contribution in [3.05, 3.63) is 29.8 Å². The van der Waals surface area contributed by atoms with Crippen LogP contribution in [0, 0.1) is 11.3 Å². The fourth-order valence-electron chi connectivity index (χ4n) is 2.14. The molecule has 1 aromatic carbocycles. The van der Waals surface area contributed by atoms with E-state index in [0.29, 0.717) is 6.61 Å². The van der Waals surface area contributed by atoms with Crippen molar-refractivity contribution >= 4 is 0 Å². The third kappa shape index (κ3) is 4.84. The maximum Gasteiger partial charge on any atom is 0.125 e. The highest BCUT2D eigenvalue weighted by Crippen LogP contribution is 2.24. The average Bonchev–Trinajstić information content (AvgIpc) is 2.49. The number of para-hydroxylation sites is 1. The van der Waals surface area contributed by atoms with Crippen LogP contribution >= 0.6 is 0 Å². The van der Waals surface area contributed by atoms with E-state index in [1.807, 2.05) is 31.2 Å². The van der Waals surface area contributed by atoms with Crippen molar-refractivity contribution in [3.63, 3.8) is 0 Å². The molecule has 0 bridgehead atoms. The minimum atomic E-state index is -0.326. The van der Waals surface area contributed by atoms with E-state index >= 15 is 0 Å². The summed E-state index contributed by atoms with van der Waals surface area (Å²) in [6.45, 7) is 10.7. The Morgan fingerprint density at radius 1 is 1.25 bits per heavy atom. The molecule has 110 valence electrons. The second kappa shape index (κ2) is 9.35. The molecule has 1 aromatic rings. The van der Waals surface area contributed by atoms with Crippen molar-refractivity contribution in [1.82, 2.24) is 10.2 Å². The lowest BCUT2D eigenvalue weighted by molar-refractivity contribution is 0.298. The third-order valence-corrected chi connectivity index (χ3v) is 3.33. The Morgan fingerprint density at radius 2 is 1.95 bits per heavy atom. The molecular formula is C16H25N3O. The van der Waals surface area contributed by atoms with Gasteiger partial charge in [0, 0.05) is 18.7 Å². The number of benzene rings is 1. The molecule has 0 fully saturated rings. The predicted molar refractivity (Wildman–Crippen MR) is 81.8 cm³/mol. The summed E-state index contributed by atoms with van der Waals surface area (Å²) in [4.78, 5) is 2.33. The van der Waals surface area contributed by atoms with Crippen molar-refractivity contribution in [3.8, 4) is 11.8 Å². The van der Waals surface area contributed by atoms with Crippen molar-refractivity contribution in [2.45, 2.75) is 26.8 Å². The van der Waals surface area contributed by atoms with E-state index in [1.54, 1.807) is 0 Å². The molecule has 1 unspecified atom stereocenters. The second-order valence-electron chi connectivity index (χ2n) is 4.51. The number of hydrogen-bond donors (Lipinski definition) is 1. The highest BCUT2D eigenvalue weighted by molar-refractivity contribution is 5.38. The molecule has 0 spiro atoms. The Bertz CT molecular complexity index is 424. The lowest BCUT2D eigenvalue weighted by Gasteiger charge is -2.20. The first kappa shape index (κ1) is 16.5. The summed E-state index contributed by atoms with van der Waals surface area (Å²) < 4.78 is 5.59. The molecule has 0 saturated heterocycles. The van der Waals surface area contributed by atoms with Gasteiger partial charge in [-0.1, -0.05) is 32.0 Å². The molecular weight excluding hydrogens is 250 g/mol. The van der Waals surface area contributed by atoms with Gasteiger partial charge in [-0.3, -0.25) is 5.32 Å². The number of nitrogens with zero attached hydrogens (tertiary/aromatic N) is 2. The Hall–Kier alpha value is -1.57. The standard InChI is InChI=1S/C16H25N3O/c1-4-19(5-2)12-11-18-15(13-17)14-9-7-8-10-16(14)20-6-3/h7-10,15,18H,4-6,11-12H2,1-3H3. The molecule has 0 radical (unpaired) electrons. The largest absolute Gasteiger partial charge is 0.493 e. The van der Waals surface area contributed by atoms with Gasteiger partial charge in [-0.2, -0.15) is 5.26 Å². The van der Waals surface area contributed by atoms with Crippen molar-refractivity contribution in [1.29, 1.82) is 5.26 Å². The summed E-state index contributed by atoms with van der Waals surface area (Å²) in [7, 11) is 0. The van der Waals surface area contributed by atoms with Gasteiger partial charge in [-0.05, 0) is 26.1 Å². The number of likely N-dealkylation sites (N-methyl/N-ethyl adjacent to an activating group) is 1. The Balaban J connectivity index is 2.65. The lowest BCUT2D eigenvalue weighted by Crippen LogP contribution is -2.33. The molecule has 4 nitrogen and oxygen atoms in total. The van der Waals surface area contributed by atoms with Gasteiger partial charge in [0.05, 0.1) is 12.7 Å². The summed E-state index contributed by atoms with van der Waals surface area (Å²) in [5.41, 5.74) is 0.913. The van der Waals surface area contributed by atoms with E-state index in [4.69, 9.17) is 4.74 Å². The lowest BCUT2D eigenvalue weighted by atomic mass is 10.1. The van der Waals surface area contributed by atoms with Crippen molar-refractivity contribution in [2.75, 3.05) is 32.8 Å². The van der Waals surface area contributed by atoms with Crippen LogP contribution in [0.2, 0.25) is 0 Å². The monoisotopic (exact) mass is 275 g/mol. The van der Waals surface area contributed by atoms with E-state index in [0.717, 1.165) is 37.5 Å². The van der Waals surface area contributed by atoms with E-state index in [1.165, 1.54) is 0 Å². The van der Waals surface area contributed by atoms with Gasteiger partial charge < -0.3 is 9.64 Å². The van der Waals surface area contributed by atoms with E-state index in [2.05, 4.69) is 30.1 Å². The van der Waals surface area contributed by atoms with Crippen LogP contribution in [0.4, 0.5) is 0 Å². The summed E-state index contributed by atoms with van der Waals surface area (Å²) in [6.07, 6.45) is 0. The minimum Gasteiger partial charge on any atom is -0.493 e. The summed E-state index contributed by atoms with van der Waals surface area (Å²) >= 11 is 0. The summed E-state index contributed by atoms with van der Waals surface area (Å²) in [5.74, 6) is 0.789. The molecule has 0 aliphatic rings. The number of ether oxygens (including phenoxy) is 1. The van der Waals surface area contributed by atoms with Crippen molar-refractivity contribution in [2.24, 2.45) is 0 Å². The van der Waals surface area contributed by atoms with Crippen LogP contribution in [-0.4, -0.2) is 37.7 Å². The number of nitrogens with one attached hydrogen (secondary N) is 1. The second-order valence-corrected chi connectivity index (χ2v) is 4.51. The molecule has 1 rings (SSSR count). The summed E-state index contributed by atoms with van der Waals surface area (Å²) in [6, 6.07) is 9.72. The van der Waals surface area contributed by atoms with Gasteiger partial charge in [0.15, 0.2) is 0 Å². The maximum atomic E-state index is 9.37. The van der Waals surface area contributed by atoms with Gasteiger partial charge >= 0.3 is 0 Å². The maximum absolute atomic E-state index is 9.37. The zero-order valence-electron chi connectivity index (χ0n) is 12.7. The zero-order valence-corrected chi connectivity index (χ0v) is 12.7. The molecule has 0 saturated carbocycles. The van der Waals surface area contributed by atoms with E-state index < -0.39 is 0 Å². The number of nitriles is 1. The van der Waals surface area contributed by atoms with Crippen LogP contribution in [0.5, 0.6) is 5.75 Å². The molecule has 20 heavy (non-hydrogen) atoms. The summed E-state index contributed by atoms with van der Waals surface area (Å²) in [5, 5.41) is 12.7. The topological polar surface area (TPSA) is 48.3 Å². The first-order chi connectivity index (χ1) is 9.76. The predicted octanol–water partition coefficient (Wildman–Crippen LogP) is 2.58. The molecule has 0 aliphatic carbocycles. The van der Waals surface area contributed by atoms with Crippen LogP contribution in [0.3, 0.4) is 0 Å². The first-order valence-electron chi connectivity index (χ1n) is 7.33. The molecule has 0 aromatic heterocycles. The van der Waals surface area contributed by atoms with Gasteiger partial charge in [-0.25, -0.2) is 0 Å². The van der Waals surface area contributed by atoms with Crippen LogP contribution in [0.15, 0.2) is 24.3 Å². The molecule has 0 amide bonds. The van der Waals surface area contributed by atoms with Gasteiger partial charge in [0.25, 0.3) is 0 Å². The molecule has 1 atom stereocenters. The fraction of sp³-hybridized carbons (Fsp3) is 0.562. The quantitative estimate of drug-likeness (QED) is 0.752. The highest BCUT2D eigenvalue weighted by Gasteiger charge is 2.14. The molecule has 4 heteroatoms. The number of hydrogen-bond acceptors (Lipinski definition) is 4. The van der Waals surface area contributed by atoms with Gasteiger partial charge in [0.1, 0.15) is 11.8 Å². The Kier molecular flexibility index (Phi) is 7.71. The van der Waals surface area contributed by atoms with Crippen LogP contribution in [-0.2, 0) is 0 Å². The van der Waals surface area contributed by atoms with Gasteiger partial charge in [-0.15, -0.1) is 0 Å². The van der Waals surface area contributed by atoms with Crippen LogP contribution in [0.25, 0.3) is 0 Å². The Morgan fingerprint density at radius 3 is 2.55 bits per heavy atom. The van der Waals surface area contributed by atoms with E-state index in [-0.39, 0.29) is 6.04 Å². The fourth-order valence-corrected chi connectivity index (χ4v) is 2.14. The molecule has 0 aliphatic heterocycles. The Labute approximate surface area is 122 Å². The van der Waals surface area contributed by atoms with Crippen LogP contribution < -0.4 is 10.1 Å². The third-order valence-electron chi connectivity index (χ3n) is 3.33. The molecule has 1 N–H and O–H groups in total. The highest BCUT2D eigenvalue weighted by atomic mass is 16.5. The van der Waals surface area contributed by atoms with Crippen LogP contribution in [0.1, 0.15) is 32.4 Å². The van der Waals surface area contributed by atoms with Crippen molar-refractivity contribution < 1.29 is 4.74 Å². The van der Waals surface area contributed by atoms with E-state index in [9.17, 15) is 5.26 Å². The smallest absolute Gasteiger partial charge is 0.125 e. The first-order valence-corrected chi connectivity index (χ1v) is 7.33. The normalized spacial score (nSPS) is 12.2. The zero-order chi connectivity index (χ0) is 14.8. The minimum absolute atomic E-state index is 0.326. The average molecular weight is 275 g/mol. The SMILES string of the molecule is CCOc1ccccc1C(C#N)NCCN(CC)CC. The molecule has 0 heterocycles. The number of rotatable bonds is 9. The van der Waals surface area contributed by atoms with Gasteiger partial charge in [0.2, 0.25) is 0 Å².